The van der Waals surface area contributed by atoms with Crippen molar-refractivity contribution in [2.75, 3.05) is 44.1 Å². The minimum atomic E-state index is -3.77. The van der Waals surface area contributed by atoms with Gasteiger partial charge in [-0.1, -0.05) is 18.6 Å². The summed E-state index contributed by atoms with van der Waals surface area (Å²) in [4.78, 5) is 18.5. The van der Waals surface area contributed by atoms with Crippen molar-refractivity contribution in [1.29, 1.82) is 0 Å². The lowest BCUT2D eigenvalue weighted by atomic mass is 9.77. The molecule has 0 aromatic heterocycles. The van der Waals surface area contributed by atoms with Crippen molar-refractivity contribution in [2.24, 2.45) is 5.41 Å². The highest BCUT2D eigenvalue weighted by molar-refractivity contribution is 7.93. The zero-order valence-electron chi connectivity index (χ0n) is 24.7. The molecule has 9 heteroatoms. The van der Waals surface area contributed by atoms with Crippen molar-refractivity contribution >= 4 is 34.0 Å². The van der Waals surface area contributed by atoms with E-state index < -0.39 is 10.0 Å². The normalized spacial score (nSPS) is 20.9. The fraction of sp³-hybridized carbons (Fsp3) is 0.594. The minimum Gasteiger partial charge on any atom is -0.497 e. The Morgan fingerprint density at radius 1 is 0.976 bits per heavy atom. The molecule has 0 unspecified atom stereocenters. The highest BCUT2D eigenvalue weighted by Gasteiger charge is 2.43. The monoisotopic (exact) mass is 601 g/mol. The lowest BCUT2D eigenvalue weighted by Gasteiger charge is -2.41. The van der Waals surface area contributed by atoms with E-state index in [0.717, 1.165) is 55.9 Å². The predicted molar refractivity (Wildman–Crippen MR) is 165 cm³/mol. The quantitative estimate of drug-likeness (QED) is 0.450. The highest BCUT2D eigenvalue weighted by Crippen LogP contribution is 2.43. The summed E-state index contributed by atoms with van der Waals surface area (Å²) in [6.07, 6.45) is 9.48. The smallest absolute Gasteiger partial charge is 0.264 e. The molecule has 224 valence electrons. The summed E-state index contributed by atoms with van der Waals surface area (Å²) in [6, 6.07) is 10.3. The summed E-state index contributed by atoms with van der Waals surface area (Å²) >= 11 is 0. The summed E-state index contributed by atoms with van der Waals surface area (Å²) in [7, 11) is -2.18. The number of hydrogen-bond acceptors (Lipinski definition) is 5. The van der Waals surface area contributed by atoms with Gasteiger partial charge in [0.2, 0.25) is 5.91 Å². The summed E-state index contributed by atoms with van der Waals surface area (Å²) in [5, 5.41) is 0. The van der Waals surface area contributed by atoms with Gasteiger partial charge in [0.1, 0.15) is 5.75 Å². The van der Waals surface area contributed by atoms with Gasteiger partial charge in [0.25, 0.3) is 10.0 Å². The number of methoxy groups -OCH3 is 1. The summed E-state index contributed by atoms with van der Waals surface area (Å²) in [5.41, 5.74) is 4.36. The number of nitrogens with zero attached hydrogens (tertiary/aromatic N) is 3. The van der Waals surface area contributed by atoms with Crippen LogP contribution in [0.4, 0.5) is 5.69 Å². The van der Waals surface area contributed by atoms with Crippen LogP contribution in [0, 0.1) is 19.3 Å². The largest absolute Gasteiger partial charge is 0.497 e. The summed E-state index contributed by atoms with van der Waals surface area (Å²) in [5.74, 6) is 0.803. The maximum absolute atomic E-state index is 14.0. The van der Waals surface area contributed by atoms with Crippen LogP contribution in [0.5, 0.6) is 5.75 Å². The van der Waals surface area contributed by atoms with E-state index in [1.165, 1.54) is 38.8 Å². The third-order valence-corrected chi connectivity index (χ3v) is 12.2. The number of sulfonamides is 1. The first-order valence-corrected chi connectivity index (χ1v) is 16.4. The Morgan fingerprint density at radius 3 is 2.29 bits per heavy atom. The summed E-state index contributed by atoms with van der Waals surface area (Å²) < 4.78 is 34.9. The number of fused-ring (bicyclic) bond motifs is 1. The van der Waals surface area contributed by atoms with Crippen molar-refractivity contribution in [3.8, 4) is 5.75 Å². The maximum atomic E-state index is 14.0. The first-order chi connectivity index (χ1) is 19.2. The maximum Gasteiger partial charge on any atom is 0.264 e. The molecular weight excluding hydrogens is 558 g/mol. The zero-order valence-corrected chi connectivity index (χ0v) is 26.3. The lowest BCUT2D eigenvalue weighted by molar-refractivity contribution is -0.132. The van der Waals surface area contributed by atoms with Crippen LogP contribution in [0.2, 0.25) is 0 Å². The van der Waals surface area contributed by atoms with Gasteiger partial charge in [-0.3, -0.25) is 14.0 Å². The fourth-order valence-electron chi connectivity index (χ4n) is 7.45. The van der Waals surface area contributed by atoms with Gasteiger partial charge in [0.05, 0.1) is 24.1 Å². The number of hydrogen-bond donors (Lipinski definition) is 0. The number of aryl methyl sites for hydroxylation is 3. The van der Waals surface area contributed by atoms with Crippen LogP contribution in [0.1, 0.15) is 67.2 Å². The van der Waals surface area contributed by atoms with Crippen molar-refractivity contribution in [3.05, 3.63) is 52.6 Å². The lowest BCUT2D eigenvalue weighted by Crippen LogP contribution is -2.46. The number of ether oxygens (including phenoxy) is 1. The Kier molecular flexibility index (Phi) is 8.66. The number of anilines is 1. The molecule has 0 radical (unpaired) electrons. The van der Waals surface area contributed by atoms with Crippen molar-refractivity contribution in [3.63, 3.8) is 0 Å². The van der Waals surface area contributed by atoms with Crippen molar-refractivity contribution in [2.45, 2.75) is 82.6 Å². The number of piperidine rings is 1. The topological polar surface area (TPSA) is 70.2 Å². The zero-order chi connectivity index (χ0) is 28.1. The van der Waals surface area contributed by atoms with E-state index in [9.17, 15) is 13.2 Å². The Hall–Kier alpha value is -2.29. The second kappa shape index (κ2) is 11.8. The van der Waals surface area contributed by atoms with Crippen LogP contribution in [-0.4, -0.2) is 70.0 Å². The van der Waals surface area contributed by atoms with Gasteiger partial charge in [0.15, 0.2) is 0 Å². The third-order valence-electron chi connectivity index (χ3n) is 10.0. The number of carbonyl (C=O) groups is 1. The van der Waals surface area contributed by atoms with Gasteiger partial charge in [-0.25, -0.2) is 8.42 Å². The molecule has 2 saturated heterocycles. The number of rotatable bonds is 6. The van der Waals surface area contributed by atoms with Gasteiger partial charge in [-0.15, -0.1) is 12.4 Å². The van der Waals surface area contributed by atoms with Crippen LogP contribution in [0.15, 0.2) is 35.2 Å². The molecule has 0 N–H and O–H groups in total. The van der Waals surface area contributed by atoms with E-state index in [1.54, 1.807) is 23.5 Å². The van der Waals surface area contributed by atoms with Gasteiger partial charge >= 0.3 is 0 Å². The average molecular weight is 602 g/mol. The van der Waals surface area contributed by atoms with E-state index in [0.29, 0.717) is 45.8 Å². The SMILES string of the molecule is COc1cc(C)c(S(=O)(=O)N2CCCc3ccc(CC(=O)N4CCC5(CC4)CCN(C4CCC4)C5)cc32)c(C)c1.Cl. The van der Waals surface area contributed by atoms with Crippen LogP contribution in [0.3, 0.4) is 0 Å². The second-order valence-electron chi connectivity index (χ2n) is 12.6. The van der Waals surface area contributed by atoms with E-state index in [4.69, 9.17) is 4.74 Å². The molecule has 4 aliphatic rings. The molecule has 2 aromatic carbocycles. The van der Waals surface area contributed by atoms with Gasteiger partial charge in [-0.05, 0) is 111 Å². The first-order valence-electron chi connectivity index (χ1n) is 15.0. The second-order valence-corrected chi connectivity index (χ2v) is 14.4. The molecule has 7 nitrogen and oxygen atoms in total. The van der Waals surface area contributed by atoms with E-state index in [-0.39, 0.29) is 18.3 Å². The van der Waals surface area contributed by atoms with Crippen molar-refractivity contribution in [1.82, 2.24) is 9.80 Å². The molecule has 1 amide bonds. The molecule has 41 heavy (non-hydrogen) atoms. The predicted octanol–water partition coefficient (Wildman–Crippen LogP) is 5.28. The average Bonchev–Trinajstić information content (AvgIpc) is 3.29. The number of halogens is 1. The number of carbonyl (C=O) groups excluding carboxylic acids is 1. The standard InChI is InChI=1S/C32H43N3O4S.ClH/c1-23-18-28(39-3)19-24(2)31(23)40(37,38)35-14-5-6-26-10-9-25(20-29(26)35)21-30(36)33-15-11-32(12-16-33)13-17-34(22-32)27-7-4-8-27;/h9-10,18-20,27H,4-8,11-17,21-22H2,1-3H3;1H. The summed E-state index contributed by atoms with van der Waals surface area (Å²) in [6.45, 7) is 8.18. The molecule has 0 atom stereocenters. The molecule has 3 fully saturated rings. The third kappa shape index (κ3) is 5.72. The molecule has 3 aliphatic heterocycles. The Bertz CT molecular complexity index is 1380. The van der Waals surface area contributed by atoms with E-state index in [2.05, 4.69) is 4.90 Å². The first kappa shape index (κ1) is 30.2. The molecule has 1 aliphatic carbocycles. The van der Waals surface area contributed by atoms with E-state index in [1.807, 2.05) is 36.9 Å². The molecule has 0 bridgehead atoms. The Balaban J connectivity index is 0.00000337. The van der Waals surface area contributed by atoms with E-state index >= 15 is 0 Å². The number of likely N-dealkylation sites (tertiary alicyclic amines) is 2. The molecule has 6 rings (SSSR count). The Morgan fingerprint density at radius 2 is 1.66 bits per heavy atom. The van der Waals surface area contributed by atoms with Gasteiger partial charge in [0, 0.05) is 32.2 Å². The van der Waals surface area contributed by atoms with Gasteiger partial charge in [-0.2, -0.15) is 0 Å². The molecule has 3 heterocycles. The van der Waals surface area contributed by atoms with Crippen molar-refractivity contribution < 1.29 is 17.9 Å². The molecule has 1 spiro atoms. The molecular formula is C32H44ClN3O4S. The van der Waals surface area contributed by atoms with Crippen LogP contribution >= 0.6 is 12.4 Å². The molecule has 1 saturated carbocycles. The fourth-order valence-corrected chi connectivity index (χ4v) is 9.40. The number of amides is 1. The van der Waals surface area contributed by atoms with Crippen LogP contribution in [0.25, 0.3) is 0 Å². The Labute approximate surface area is 251 Å². The minimum absolute atomic E-state index is 0. The van der Waals surface area contributed by atoms with Crippen LogP contribution in [-0.2, 0) is 27.7 Å². The van der Waals surface area contributed by atoms with Crippen LogP contribution < -0.4 is 9.04 Å². The van der Waals surface area contributed by atoms with Gasteiger partial charge < -0.3 is 9.64 Å². The number of benzene rings is 2. The molecule has 2 aromatic rings. The highest BCUT2D eigenvalue weighted by atomic mass is 35.5.